The minimum atomic E-state index is -3.51. The number of nitrogens with one attached hydrogen (secondary N) is 1. The molecule has 2 unspecified atom stereocenters. The van der Waals surface area contributed by atoms with Crippen molar-refractivity contribution in [2.45, 2.75) is 30.2 Å². The number of rotatable bonds is 4. The lowest BCUT2D eigenvalue weighted by Crippen LogP contribution is -2.39. The van der Waals surface area contributed by atoms with Gasteiger partial charge in [-0.25, -0.2) is 13.1 Å². The van der Waals surface area contributed by atoms with Crippen molar-refractivity contribution in [1.29, 1.82) is 0 Å². The SMILES string of the molecule is NCC1CCCC1NS(=O)(=O)c1ccc(Br)cc1Br. The Kier molecular flexibility index (Phi) is 5.05. The topological polar surface area (TPSA) is 72.2 Å². The van der Waals surface area contributed by atoms with Gasteiger partial charge in [0.1, 0.15) is 0 Å². The molecule has 0 saturated heterocycles. The summed E-state index contributed by atoms with van der Waals surface area (Å²) in [6.45, 7) is 0.523. The van der Waals surface area contributed by atoms with Gasteiger partial charge in [0.25, 0.3) is 0 Å². The van der Waals surface area contributed by atoms with Crippen molar-refractivity contribution in [2.75, 3.05) is 6.54 Å². The van der Waals surface area contributed by atoms with E-state index < -0.39 is 10.0 Å². The summed E-state index contributed by atoms with van der Waals surface area (Å²) >= 11 is 6.60. The zero-order chi connectivity index (χ0) is 14.0. The first-order chi connectivity index (χ1) is 8.94. The van der Waals surface area contributed by atoms with Crippen LogP contribution in [0.25, 0.3) is 0 Å². The summed E-state index contributed by atoms with van der Waals surface area (Å²) in [6.07, 6.45) is 2.87. The van der Waals surface area contributed by atoms with Gasteiger partial charge in [0, 0.05) is 15.0 Å². The average Bonchev–Trinajstić information content (AvgIpc) is 2.74. The summed E-state index contributed by atoms with van der Waals surface area (Å²) in [5.41, 5.74) is 5.68. The first-order valence-corrected chi connectivity index (χ1v) is 9.18. The normalized spacial score (nSPS) is 23.7. The van der Waals surface area contributed by atoms with E-state index in [0.29, 0.717) is 11.0 Å². The zero-order valence-corrected chi connectivity index (χ0v) is 14.3. The van der Waals surface area contributed by atoms with E-state index >= 15 is 0 Å². The van der Waals surface area contributed by atoms with Crippen molar-refractivity contribution in [3.8, 4) is 0 Å². The van der Waals surface area contributed by atoms with Crippen LogP contribution in [0.1, 0.15) is 19.3 Å². The summed E-state index contributed by atoms with van der Waals surface area (Å²) in [5, 5.41) is 0. The summed E-state index contributed by atoms with van der Waals surface area (Å²) in [5.74, 6) is 0.240. The molecule has 4 nitrogen and oxygen atoms in total. The molecule has 7 heteroatoms. The van der Waals surface area contributed by atoms with Crippen LogP contribution in [0.5, 0.6) is 0 Å². The lowest BCUT2D eigenvalue weighted by atomic mass is 10.1. The van der Waals surface area contributed by atoms with Crippen molar-refractivity contribution in [2.24, 2.45) is 11.7 Å². The molecule has 0 aliphatic heterocycles. The molecule has 106 valence electrons. The largest absolute Gasteiger partial charge is 0.330 e. The highest BCUT2D eigenvalue weighted by Gasteiger charge is 2.31. The molecule has 2 atom stereocenters. The van der Waals surface area contributed by atoms with Gasteiger partial charge in [-0.3, -0.25) is 0 Å². The fraction of sp³-hybridized carbons (Fsp3) is 0.500. The first-order valence-electron chi connectivity index (χ1n) is 6.11. The van der Waals surface area contributed by atoms with E-state index in [2.05, 4.69) is 36.6 Å². The van der Waals surface area contributed by atoms with E-state index in [0.717, 1.165) is 23.7 Å². The molecule has 3 N–H and O–H groups in total. The van der Waals surface area contributed by atoms with Gasteiger partial charge in [0.15, 0.2) is 0 Å². The molecule has 0 amide bonds. The summed E-state index contributed by atoms with van der Waals surface area (Å²) in [4.78, 5) is 0.262. The van der Waals surface area contributed by atoms with Crippen LogP contribution in [0.15, 0.2) is 32.0 Å². The minimum absolute atomic E-state index is 0.0504. The molecule has 1 saturated carbocycles. The molecular formula is C12H16Br2N2O2S. The number of sulfonamides is 1. The quantitative estimate of drug-likeness (QED) is 0.799. The third-order valence-corrected chi connectivity index (χ3v) is 6.41. The molecule has 0 bridgehead atoms. The van der Waals surface area contributed by atoms with Gasteiger partial charge in [-0.1, -0.05) is 22.4 Å². The maximum atomic E-state index is 12.4. The van der Waals surface area contributed by atoms with Crippen molar-refractivity contribution in [3.05, 3.63) is 27.1 Å². The van der Waals surface area contributed by atoms with Gasteiger partial charge in [-0.2, -0.15) is 0 Å². The Balaban J connectivity index is 2.23. The highest BCUT2D eigenvalue weighted by atomic mass is 79.9. The summed E-state index contributed by atoms with van der Waals surface area (Å²) < 4.78 is 28.9. The second-order valence-corrected chi connectivity index (χ2v) is 8.18. The fourth-order valence-electron chi connectivity index (χ4n) is 2.43. The second-order valence-electron chi connectivity index (χ2n) is 4.73. The predicted molar refractivity (Wildman–Crippen MR) is 82.3 cm³/mol. The van der Waals surface area contributed by atoms with Gasteiger partial charge >= 0.3 is 0 Å². The van der Waals surface area contributed by atoms with Crippen molar-refractivity contribution in [1.82, 2.24) is 4.72 Å². The van der Waals surface area contributed by atoms with Crippen LogP contribution in [0, 0.1) is 5.92 Å². The van der Waals surface area contributed by atoms with Crippen LogP contribution in [0.4, 0.5) is 0 Å². The number of hydrogen-bond acceptors (Lipinski definition) is 3. The van der Waals surface area contributed by atoms with Crippen LogP contribution in [0.3, 0.4) is 0 Å². The molecule has 1 aromatic rings. The maximum Gasteiger partial charge on any atom is 0.241 e. The molecule has 0 heterocycles. The predicted octanol–water partition coefficient (Wildman–Crippen LogP) is 2.62. The first kappa shape index (κ1) is 15.4. The molecule has 1 fully saturated rings. The smallest absolute Gasteiger partial charge is 0.241 e. The number of nitrogens with two attached hydrogens (primary N) is 1. The van der Waals surface area contributed by atoms with E-state index in [1.807, 2.05) is 0 Å². The van der Waals surface area contributed by atoms with E-state index in [4.69, 9.17) is 5.73 Å². The van der Waals surface area contributed by atoms with E-state index in [-0.39, 0.29) is 16.9 Å². The van der Waals surface area contributed by atoms with Crippen LogP contribution >= 0.6 is 31.9 Å². The van der Waals surface area contributed by atoms with Crippen LogP contribution in [0.2, 0.25) is 0 Å². The maximum absolute atomic E-state index is 12.4. The number of halogens is 2. The highest BCUT2D eigenvalue weighted by molar-refractivity contribution is 9.11. The Morgan fingerprint density at radius 2 is 2.05 bits per heavy atom. The molecule has 1 aromatic carbocycles. The molecule has 2 rings (SSSR count). The second kappa shape index (κ2) is 6.22. The van der Waals surface area contributed by atoms with Crippen LogP contribution in [-0.2, 0) is 10.0 Å². The standard InChI is InChI=1S/C12H16Br2N2O2S/c13-9-4-5-12(10(14)6-9)19(17,18)16-11-3-1-2-8(11)7-15/h4-6,8,11,16H,1-3,7,15H2. The van der Waals surface area contributed by atoms with E-state index in [9.17, 15) is 8.42 Å². The fourth-order valence-corrected chi connectivity index (χ4v) is 5.52. The van der Waals surface area contributed by atoms with Crippen molar-refractivity contribution >= 4 is 41.9 Å². The molecule has 0 spiro atoms. The third-order valence-electron chi connectivity index (χ3n) is 3.45. The highest BCUT2D eigenvalue weighted by Crippen LogP contribution is 2.29. The number of benzene rings is 1. The molecular weight excluding hydrogens is 396 g/mol. The Hall–Kier alpha value is 0.0500. The Bertz CT molecular complexity index is 563. The molecule has 0 radical (unpaired) electrons. The minimum Gasteiger partial charge on any atom is -0.330 e. The lowest BCUT2D eigenvalue weighted by Gasteiger charge is -2.19. The summed E-state index contributed by atoms with van der Waals surface area (Å²) in [7, 11) is -3.51. The van der Waals surface area contributed by atoms with Crippen LogP contribution in [-0.4, -0.2) is 21.0 Å². The van der Waals surface area contributed by atoms with Crippen LogP contribution < -0.4 is 10.5 Å². The van der Waals surface area contributed by atoms with Gasteiger partial charge in [-0.05, 0) is 59.4 Å². The molecule has 19 heavy (non-hydrogen) atoms. The Morgan fingerprint density at radius 1 is 1.32 bits per heavy atom. The Morgan fingerprint density at radius 3 is 2.68 bits per heavy atom. The molecule has 1 aliphatic carbocycles. The average molecular weight is 412 g/mol. The van der Waals surface area contributed by atoms with Gasteiger partial charge < -0.3 is 5.73 Å². The van der Waals surface area contributed by atoms with E-state index in [1.54, 1.807) is 18.2 Å². The Labute approximate surface area is 130 Å². The number of hydrogen-bond donors (Lipinski definition) is 2. The third kappa shape index (κ3) is 3.58. The summed E-state index contributed by atoms with van der Waals surface area (Å²) in [6, 6.07) is 4.98. The van der Waals surface area contributed by atoms with Crippen molar-refractivity contribution < 1.29 is 8.42 Å². The molecule has 1 aliphatic rings. The van der Waals surface area contributed by atoms with Gasteiger partial charge in [0.05, 0.1) is 4.90 Å². The monoisotopic (exact) mass is 410 g/mol. The van der Waals surface area contributed by atoms with Gasteiger partial charge in [0.2, 0.25) is 10.0 Å². The lowest BCUT2D eigenvalue weighted by molar-refractivity contribution is 0.452. The van der Waals surface area contributed by atoms with E-state index in [1.165, 1.54) is 0 Å². The van der Waals surface area contributed by atoms with Crippen molar-refractivity contribution in [3.63, 3.8) is 0 Å². The zero-order valence-electron chi connectivity index (χ0n) is 10.3. The van der Waals surface area contributed by atoms with Gasteiger partial charge in [-0.15, -0.1) is 0 Å². The molecule has 0 aromatic heterocycles.